The molecule has 0 radical (unpaired) electrons. The highest BCUT2D eigenvalue weighted by Crippen LogP contribution is 2.40. The molecule has 4 rings (SSSR count). The van der Waals surface area contributed by atoms with Crippen LogP contribution in [-0.2, 0) is 17.9 Å². The van der Waals surface area contributed by atoms with Crippen LogP contribution in [-0.4, -0.2) is 47.2 Å². The minimum Gasteiger partial charge on any atom is -0.496 e. The van der Waals surface area contributed by atoms with E-state index in [1.54, 1.807) is 32.2 Å². The van der Waals surface area contributed by atoms with Gasteiger partial charge in [-0.25, -0.2) is 0 Å². The normalized spacial score (nSPS) is 10.7. The lowest BCUT2D eigenvalue weighted by atomic mass is 10.1. The Labute approximate surface area is 206 Å². The molecule has 1 amide bonds. The van der Waals surface area contributed by atoms with Gasteiger partial charge in [0.15, 0.2) is 5.82 Å². The fourth-order valence-electron chi connectivity index (χ4n) is 3.55. The fourth-order valence-corrected chi connectivity index (χ4v) is 4.40. The molecule has 4 aromatic rings. The van der Waals surface area contributed by atoms with Crippen molar-refractivity contribution in [1.82, 2.24) is 25.3 Å². The number of H-pyrrole nitrogens is 1. The summed E-state index contributed by atoms with van der Waals surface area (Å²) in [6.07, 6.45) is 4.85. The Morgan fingerprint density at radius 2 is 1.89 bits per heavy atom. The molecule has 0 aliphatic heterocycles. The van der Waals surface area contributed by atoms with E-state index in [1.165, 1.54) is 18.0 Å². The number of methoxy groups -OCH3 is 3. The Morgan fingerprint density at radius 3 is 2.57 bits per heavy atom. The maximum Gasteiger partial charge on any atom is 0.243 e. The van der Waals surface area contributed by atoms with Gasteiger partial charge in [0.1, 0.15) is 22.1 Å². The molecule has 182 valence electrons. The third kappa shape index (κ3) is 5.35. The molecule has 0 bridgehead atoms. The van der Waals surface area contributed by atoms with E-state index < -0.39 is 0 Å². The Hall–Kier alpha value is -4.12. The van der Waals surface area contributed by atoms with Crippen molar-refractivity contribution in [1.29, 1.82) is 0 Å². The summed E-state index contributed by atoms with van der Waals surface area (Å²) in [5.41, 5.74) is 2.69. The maximum atomic E-state index is 11.4. The topological polar surface area (TPSA) is 115 Å². The van der Waals surface area contributed by atoms with Crippen molar-refractivity contribution in [2.24, 2.45) is 0 Å². The Kier molecular flexibility index (Phi) is 7.46. The van der Waals surface area contributed by atoms with Crippen molar-refractivity contribution in [3.05, 3.63) is 66.5 Å². The third-order valence-corrected chi connectivity index (χ3v) is 6.12. The third-order valence-electron chi connectivity index (χ3n) is 5.22. The summed E-state index contributed by atoms with van der Waals surface area (Å²) in [5.74, 6) is 2.46. The Balaban J connectivity index is 1.53. The molecule has 0 unspecified atom stereocenters. The SMILES string of the molecule is C=CC(=O)NCc1cnn(Cc2cc(OC)c3c(NSc4c(OC)cccc4OC)n[nH]c3c2)c1. The number of aromatic nitrogens is 4. The number of hydrogen-bond acceptors (Lipinski definition) is 8. The molecule has 0 aliphatic carbocycles. The first-order chi connectivity index (χ1) is 17.1. The predicted molar refractivity (Wildman–Crippen MR) is 135 cm³/mol. The van der Waals surface area contributed by atoms with Crippen LogP contribution < -0.4 is 24.2 Å². The lowest BCUT2D eigenvalue weighted by Gasteiger charge is -2.13. The van der Waals surface area contributed by atoms with Crippen LogP contribution in [0, 0.1) is 0 Å². The Bertz CT molecular complexity index is 1330. The first kappa shape index (κ1) is 24.0. The quantitative estimate of drug-likeness (QED) is 0.213. The summed E-state index contributed by atoms with van der Waals surface area (Å²) in [6.45, 7) is 4.36. The molecule has 0 saturated heterocycles. The van der Waals surface area contributed by atoms with Crippen molar-refractivity contribution in [2.45, 2.75) is 18.0 Å². The van der Waals surface area contributed by atoms with Gasteiger partial charge in [-0.3, -0.25) is 14.6 Å². The second kappa shape index (κ2) is 10.9. The average molecular weight is 495 g/mol. The van der Waals surface area contributed by atoms with Crippen LogP contribution in [0.25, 0.3) is 10.9 Å². The van der Waals surface area contributed by atoms with Gasteiger partial charge in [0, 0.05) is 18.3 Å². The highest BCUT2D eigenvalue weighted by Gasteiger charge is 2.16. The van der Waals surface area contributed by atoms with Crippen LogP contribution in [0.3, 0.4) is 0 Å². The van der Waals surface area contributed by atoms with Crippen LogP contribution in [0.4, 0.5) is 5.82 Å². The molecule has 35 heavy (non-hydrogen) atoms. The van der Waals surface area contributed by atoms with Gasteiger partial charge < -0.3 is 24.2 Å². The second-order valence-corrected chi connectivity index (χ2v) is 8.27. The predicted octanol–water partition coefficient (Wildman–Crippen LogP) is 3.75. The van der Waals surface area contributed by atoms with Gasteiger partial charge in [-0.05, 0) is 47.9 Å². The molecular formula is C24H26N6O4S. The van der Waals surface area contributed by atoms with Gasteiger partial charge in [0.25, 0.3) is 0 Å². The van der Waals surface area contributed by atoms with Gasteiger partial charge in [0.05, 0.1) is 45.0 Å². The number of anilines is 1. The van der Waals surface area contributed by atoms with Gasteiger partial charge in [0.2, 0.25) is 5.91 Å². The van der Waals surface area contributed by atoms with E-state index in [4.69, 9.17) is 14.2 Å². The standard InChI is InChI=1S/C24H26N6O4S/c1-5-21(31)25-11-16-12-26-30(14-16)13-15-9-17-22(20(10-15)34-4)24(28-27-17)29-35-23-18(32-2)7-6-8-19(23)33-3/h5-10,12,14H,1,11,13H2,2-4H3,(H,25,31)(H2,27,28,29). The van der Waals surface area contributed by atoms with Crippen molar-refractivity contribution in [2.75, 3.05) is 26.1 Å². The van der Waals surface area contributed by atoms with Crippen LogP contribution in [0.2, 0.25) is 0 Å². The molecule has 2 aromatic heterocycles. The van der Waals surface area contributed by atoms with E-state index in [0.717, 1.165) is 26.9 Å². The molecule has 0 aliphatic rings. The monoisotopic (exact) mass is 494 g/mol. The van der Waals surface area contributed by atoms with Crippen LogP contribution >= 0.6 is 11.9 Å². The molecule has 11 heteroatoms. The van der Waals surface area contributed by atoms with Crippen molar-refractivity contribution in [3.63, 3.8) is 0 Å². The van der Waals surface area contributed by atoms with E-state index in [0.29, 0.717) is 36.2 Å². The van der Waals surface area contributed by atoms with E-state index in [2.05, 4.69) is 31.9 Å². The number of nitrogens with one attached hydrogen (secondary N) is 3. The lowest BCUT2D eigenvalue weighted by Crippen LogP contribution is -2.19. The highest BCUT2D eigenvalue weighted by molar-refractivity contribution is 8.00. The molecule has 0 fully saturated rings. The van der Waals surface area contributed by atoms with E-state index in [9.17, 15) is 4.79 Å². The van der Waals surface area contributed by atoms with Crippen LogP contribution in [0.15, 0.2) is 60.3 Å². The molecule has 0 saturated carbocycles. The van der Waals surface area contributed by atoms with Gasteiger partial charge in [-0.1, -0.05) is 12.6 Å². The summed E-state index contributed by atoms with van der Waals surface area (Å²) in [4.78, 5) is 12.2. The fraction of sp³-hybridized carbons (Fsp3) is 0.208. The highest BCUT2D eigenvalue weighted by atomic mass is 32.2. The summed E-state index contributed by atoms with van der Waals surface area (Å²) < 4.78 is 21.7. The van der Waals surface area contributed by atoms with Gasteiger partial charge in [-0.2, -0.15) is 10.2 Å². The summed E-state index contributed by atoms with van der Waals surface area (Å²) in [6, 6.07) is 9.58. The zero-order valence-corrected chi connectivity index (χ0v) is 20.4. The van der Waals surface area contributed by atoms with E-state index in [1.807, 2.05) is 36.5 Å². The summed E-state index contributed by atoms with van der Waals surface area (Å²) >= 11 is 1.34. The zero-order valence-electron chi connectivity index (χ0n) is 19.6. The number of fused-ring (bicyclic) bond motifs is 1. The van der Waals surface area contributed by atoms with E-state index >= 15 is 0 Å². The number of aromatic amines is 1. The van der Waals surface area contributed by atoms with Crippen LogP contribution in [0.5, 0.6) is 17.2 Å². The lowest BCUT2D eigenvalue weighted by molar-refractivity contribution is -0.116. The minimum atomic E-state index is -0.223. The zero-order chi connectivity index (χ0) is 24.8. The maximum absolute atomic E-state index is 11.4. The number of hydrogen-bond donors (Lipinski definition) is 3. The molecule has 2 heterocycles. The van der Waals surface area contributed by atoms with Gasteiger partial charge in [-0.15, -0.1) is 0 Å². The molecular weight excluding hydrogens is 468 g/mol. The number of carbonyl (C=O) groups excluding carboxylic acids is 1. The first-order valence-corrected chi connectivity index (χ1v) is 11.5. The van der Waals surface area contributed by atoms with Crippen molar-refractivity contribution >= 4 is 34.6 Å². The van der Waals surface area contributed by atoms with Crippen molar-refractivity contribution < 1.29 is 19.0 Å². The van der Waals surface area contributed by atoms with Crippen molar-refractivity contribution in [3.8, 4) is 17.2 Å². The van der Waals surface area contributed by atoms with E-state index in [-0.39, 0.29) is 5.91 Å². The molecule has 10 nitrogen and oxygen atoms in total. The number of benzene rings is 2. The van der Waals surface area contributed by atoms with Crippen LogP contribution in [0.1, 0.15) is 11.1 Å². The second-order valence-electron chi connectivity index (χ2n) is 7.46. The smallest absolute Gasteiger partial charge is 0.243 e. The summed E-state index contributed by atoms with van der Waals surface area (Å²) in [7, 11) is 4.86. The average Bonchev–Trinajstić information content (AvgIpc) is 3.51. The minimum absolute atomic E-state index is 0.223. The Morgan fingerprint density at radius 1 is 1.14 bits per heavy atom. The largest absolute Gasteiger partial charge is 0.496 e. The molecule has 0 spiro atoms. The number of ether oxygens (including phenoxy) is 3. The molecule has 0 atom stereocenters. The number of carbonyl (C=O) groups is 1. The number of rotatable bonds is 11. The summed E-state index contributed by atoms with van der Waals surface area (Å²) in [5, 5.41) is 15.5. The number of nitrogens with zero attached hydrogens (tertiary/aromatic N) is 3. The van der Waals surface area contributed by atoms with Gasteiger partial charge >= 0.3 is 0 Å². The molecule has 3 N–H and O–H groups in total. The first-order valence-electron chi connectivity index (χ1n) is 10.7. The molecule has 2 aromatic carbocycles. The number of amides is 1.